The molecule has 0 fully saturated rings. The van der Waals surface area contributed by atoms with E-state index in [9.17, 15) is 19.0 Å². The predicted octanol–water partition coefficient (Wildman–Crippen LogP) is 12.0. The zero-order valence-electron chi connectivity index (χ0n) is 34.4. The maximum atomic E-state index is 12.6. The van der Waals surface area contributed by atoms with Crippen LogP contribution in [0.3, 0.4) is 0 Å². The third-order valence-corrected chi connectivity index (χ3v) is 9.25. The Morgan fingerprint density at radius 1 is 0.564 bits per heavy atom. The van der Waals surface area contributed by atoms with Crippen LogP contribution in [0.2, 0.25) is 0 Å². The Kier molecular flexibility index (Phi) is 38.8. The topological polar surface area (TPSA) is 134 Å². The van der Waals surface area contributed by atoms with Gasteiger partial charge >= 0.3 is 19.8 Å². The molecule has 0 aromatic rings. The van der Waals surface area contributed by atoms with Gasteiger partial charge in [0.1, 0.15) is 6.61 Å². The van der Waals surface area contributed by atoms with E-state index in [1.54, 1.807) is 0 Å². The number of phosphoric acid groups is 1. The van der Waals surface area contributed by atoms with Crippen molar-refractivity contribution in [3.05, 3.63) is 85.1 Å². The second-order valence-electron chi connectivity index (χ2n) is 13.5. The lowest BCUT2D eigenvalue weighted by molar-refractivity contribution is -0.161. The Hall–Kier alpha value is -2.81. The van der Waals surface area contributed by atoms with Crippen molar-refractivity contribution in [3.63, 3.8) is 0 Å². The van der Waals surface area contributed by atoms with Crippen LogP contribution in [0.4, 0.5) is 0 Å². The van der Waals surface area contributed by atoms with E-state index in [1.165, 1.54) is 25.7 Å². The molecular formula is C45H76NO8P. The maximum Gasteiger partial charge on any atom is 0.472 e. The molecule has 2 atom stereocenters. The first kappa shape index (κ1) is 52.2. The fraction of sp³-hybridized carbons (Fsp3) is 0.644. The molecule has 55 heavy (non-hydrogen) atoms. The lowest BCUT2D eigenvalue weighted by atomic mass is 10.1. The number of unbranched alkanes of at least 4 members (excludes halogenated alkanes) is 11. The number of carbonyl (C=O) groups is 2. The van der Waals surface area contributed by atoms with Crippen molar-refractivity contribution in [3.8, 4) is 0 Å². The van der Waals surface area contributed by atoms with Gasteiger partial charge in [-0.3, -0.25) is 18.6 Å². The summed E-state index contributed by atoms with van der Waals surface area (Å²) in [5.74, 6) is -0.891. The molecule has 0 amide bonds. The molecule has 0 aromatic heterocycles. The molecule has 0 spiro atoms. The molecule has 9 nitrogen and oxygen atoms in total. The monoisotopic (exact) mass is 790 g/mol. The molecule has 3 N–H and O–H groups in total. The summed E-state index contributed by atoms with van der Waals surface area (Å²) in [6.45, 7) is 3.51. The number of nitrogens with two attached hydrogens (primary N) is 1. The minimum Gasteiger partial charge on any atom is -0.462 e. The van der Waals surface area contributed by atoms with Crippen LogP contribution in [0.15, 0.2) is 85.1 Å². The highest BCUT2D eigenvalue weighted by molar-refractivity contribution is 7.47. The fourth-order valence-corrected chi connectivity index (χ4v) is 5.92. The number of phosphoric ester groups is 1. The van der Waals surface area contributed by atoms with E-state index < -0.39 is 32.5 Å². The smallest absolute Gasteiger partial charge is 0.462 e. The molecule has 0 aliphatic rings. The zero-order valence-corrected chi connectivity index (χ0v) is 35.3. The van der Waals surface area contributed by atoms with E-state index in [0.29, 0.717) is 12.8 Å². The molecule has 0 aliphatic carbocycles. The quantitative estimate of drug-likeness (QED) is 0.0271. The Morgan fingerprint density at radius 3 is 1.51 bits per heavy atom. The van der Waals surface area contributed by atoms with Crippen LogP contribution in [-0.2, 0) is 32.7 Å². The Morgan fingerprint density at radius 2 is 1.00 bits per heavy atom. The Bertz CT molecular complexity index is 1170. The molecule has 0 rings (SSSR count). The molecular weight excluding hydrogens is 713 g/mol. The molecule has 0 radical (unpaired) electrons. The number of ether oxygens (including phenoxy) is 2. The first-order chi connectivity index (χ1) is 26.8. The van der Waals surface area contributed by atoms with Crippen molar-refractivity contribution in [2.24, 2.45) is 5.73 Å². The summed E-state index contributed by atoms with van der Waals surface area (Å²) in [4.78, 5) is 34.8. The minimum absolute atomic E-state index is 0.0409. The van der Waals surface area contributed by atoms with Gasteiger partial charge in [0, 0.05) is 19.4 Å². The van der Waals surface area contributed by atoms with Crippen molar-refractivity contribution in [2.45, 2.75) is 161 Å². The highest BCUT2D eigenvalue weighted by atomic mass is 31.2. The van der Waals surface area contributed by atoms with Crippen molar-refractivity contribution in [1.29, 1.82) is 0 Å². The van der Waals surface area contributed by atoms with Crippen LogP contribution >= 0.6 is 7.82 Å². The number of rotatable bonds is 38. The number of carbonyl (C=O) groups excluding carboxylic acids is 2. The summed E-state index contributed by atoms with van der Waals surface area (Å²) in [6.07, 6.45) is 50.4. The number of allylic oxidation sites excluding steroid dienone is 14. The zero-order chi connectivity index (χ0) is 40.3. The maximum absolute atomic E-state index is 12.6. The molecule has 0 saturated heterocycles. The predicted molar refractivity (Wildman–Crippen MR) is 229 cm³/mol. The molecule has 0 bridgehead atoms. The highest BCUT2D eigenvalue weighted by Crippen LogP contribution is 2.43. The van der Waals surface area contributed by atoms with Crippen LogP contribution in [0, 0.1) is 0 Å². The molecule has 10 heteroatoms. The fourth-order valence-electron chi connectivity index (χ4n) is 5.16. The van der Waals surface area contributed by atoms with Gasteiger partial charge in [-0.15, -0.1) is 0 Å². The van der Waals surface area contributed by atoms with Gasteiger partial charge in [0.15, 0.2) is 6.10 Å². The van der Waals surface area contributed by atoms with E-state index >= 15 is 0 Å². The van der Waals surface area contributed by atoms with Crippen molar-refractivity contribution in [1.82, 2.24) is 0 Å². The third kappa shape index (κ3) is 40.7. The van der Waals surface area contributed by atoms with Crippen molar-refractivity contribution in [2.75, 3.05) is 26.4 Å². The first-order valence-corrected chi connectivity index (χ1v) is 22.6. The second kappa shape index (κ2) is 40.8. The SMILES string of the molecule is CC/C=C/C/C=C/C/C=C/C/C=C/C/C=C/CCCCCC(=O)O[C@H](COC(=O)CCCCCCC/C=C/C/C=C/CCCCC)COP(=O)(O)OCCN. The Balaban J connectivity index is 4.29. The van der Waals surface area contributed by atoms with Crippen LogP contribution in [-0.4, -0.2) is 49.3 Å². The minimum atomic E-state index is -4.39. The number of esters is 2. The van der Waals surface area contributed by atoms with E-state index in [2.05, 4.69) is 98.9 Å². The van der Waals surface area contributed by atoms with Gasteiger partial charge in [0.25, 0.3) is 0 Å². The molecule has 0 aliphatic heterocycles. The van der Waals surface area contributed by atoms with Crippen LogP contribution in [0.5, 0.6) is 0 Å². The van der Waals surface area contributed by atoms with E-state index in [4.69, 9.17) is 24.3 Å². The van der Waals surface area contributed by atoms with E-state index in [0.717, 1.165) is 89.9 Å². The second-order valence-corrected chi connectivity index (χ2v) is 14.9. The van der Waals surface area contributed by atoms with Gasteiger partial charge in [-0.25, -0.2) is 4.57 Å². The standard InChI is InChI=1S/C45H76NO8P/c1-3-5-7-9-11-13-15-17-19-20-21-22-24-26-28-30-32-34-36-38-45(48)54-43(42-53-55(49,50)52-40-39-46)41-51-44(47)37-35-33-31-29-27-25-23-18-16-14-12-10-8-6-4-2/h5,7,11-14,17-19,21-23,26,28,43H,3-4,6,8-10,15-16,20,24-25,27,29-42,46H2,1-2H3,(H,49,50)/b7-5+,13-11+,14-12+,19-17+,22-21+,23-18+,28-26+/t43-/m1/s1. The van der Waals surface area contributed by atoms with Gasteiger partial charge in [0.2, 0.25) is 0 Å². The third-order valence-electron chi connectivity index (χ3n) is 8.27. The van der Waals surface area contributed by atoms with Gasteiger partial charge in [-0.1, -0.05) is 137 Å². The van der Waals surface area contributed by atoms with Crippen LogP contribution in [0.1, 0.15) is 155 Å². The average Bonchev–Trinajstić information content (AvgIpc) is 3.17. The van der Waals surface area contributed by atoms with Gasteiger partial charge < -0.3 is 20.1 Å². The summed E-state index contributed by atoms with van der Waals surface area (Å²) in [7, 11) is -4.39. The lowest BCUT2D eigenvalue weighted by Gasteiger charge is -2.19. The van der Waals surface area contributed by atoms with Gasteiger partial charge in [-0.05, 0) is 89.9 Å². The lowest BCUT2D eigenvalue weighted by Crippen LogP contribution is -2.29. The summed E-state index contributed by atoms with van der Waals surface area (Å²) in [5, 5.41) is 0. The first-order valence-electron chi connectivity index (χ1n) is 21.1. The summed E-state index contributed by atoms with van der Waals surface area (Å²) < 4.78 is 32.7. The summed E-state index contributed by atoms with van der Waals surface area (Å²) in [6, 6.07) is 0. The largest absolute Gasteiger partial charge is 0.472 e. The van der Waals surface area contributed by atoms with E-state index in [-0.39, 0.29) is 32.6 Å². The number of hydrogen-bond acceptors (Lipinski definition) is 8. The van der Waals surface area contributed by atoms with Crippen molar-refractivity contribution < 1.29 is 37.6 Å². The molecule has 1 unspecified atom stereocenters. The van der Waals surface area contributed by atoms with E-state index in [1.807, 2.05) is 0 Å². The van der Waals surface area contributed by atoms with Gasteiger partial charge in [0.05, 0.1) is 13.2 Å². The van der Waals surface area contributed by atoms with Crippen LogP contribution < -0.4 is 5.73 Å². The Labute approximate surface area is 334 Å². The normalized spacial score (nSPS) is 14.2. The molecule has 0 heterocycles. The number of hydrogen-bond donors (Lipinski definition) is 2. The molecule has 0 saturated carbocycles. The van der Waals surface area contributed by atoms with Gasteiger partial charge in [-0.2, -0.15) is 0 Å². The average molecular weight is 790 g/mol. The highest BCUT2D eigenvalue weighted by Gasteiger charge is 2.25. The summed E-state index contributed by atoms with van der Waals surface area (Å²) in [5.41, 5.74) is 5.34. The van der Waals surface area contributed by atoms with Crippen LogP contribution in [0.25, 0.3) is 0 Å². The molecule has 314 valence electrons. The van der Waals surface area contributed by atoms with Crippen molar-refractivity contribution >= 4 is 19.8 Å². The summed E-state index contributed by atoms with van der Waals surface area (Å²) >= 11 is 0. The molecule has 0 aromatic carbocycles.